The molecule has 1 rings (SSSR count). The van der Waals surface area contributed by atoms with Crippen molar-refractivity contribution in [2.24, 2.45) is 0 Å². The molecule has 0 unspecified atom stereocenters. The lowest BCUT2D eigenvalue weighted by Crippen LogP contribution is -2.04. The first kappa shape index (κ1) is 11.6. The van der Waals surface area contributed by atoms with Crippen LogP contribution < -0.4 is 0 Å². The fourth-order valence-electron chi connectivity index (χ4n) is 1.23. The van der Waals surface area contributed by atoms with Gasteiger partial charge in [-0.2, -0.15) is 0 Å². The second-order valence-electron chi connectivity index (χ2n) is 3.28. The fourth-order valence-corrected chi connectivity index (χ4v) is 1.23. The summed E-state index contributed by atoms with van der Waals surface area (Å²) >= 11 is 0. The highest BCUT2D eigenvalue weighted by Gasteiger charge is 2.08. The summed E-state index contributed by atoms with van der Waals surface area (Å²) < 4.78 is 25.7. The summed E-state index contributed by atoms with van der Waals surface area (Å²) in [6.07, 6.45) is 2.58. The van der Waals surface area contributed by atoms with E-state index in [0.717, 1.165) is 12.1 Å². The van der Waals surface area contributed by atoms with Gasteiger partial charge in [0.2, 0.25) is 0 Å². The monoisotopic (exact) mass is 210 g/mol. The summed E-state index contributed by atoms with van der Waals surface area (Å²) in [5.41, 5.74) is 0.241. The van der Waals surface area contributed by atoms with Gasteiger partial charge in [-0.05, 0) is 18.1 Å². The molecule has 0 amide bonds. The van der Waals surface area contributed by atoms with Crippen LogP contribution in [-0.4, -0.2) is 5.78 Å². The summed E-state index contributed by atoms with van der Waals surface area (Å²) in [6.45, 7) is 3.49. The molecule has 0 atom stereocenters. The van der Waals surface area contributed by atoms with Gasteiger partial charge in [0.25, 0.3) is 0 Å². The van der Waals surface area contributed by atoms with Crippen molar-refractivity contribution in [1.29, 1.82) is 0 Å². The van der Waals surface area contributed by atoms with Crippen LogP contribution >= 0.6 is 0 Å². The van der Waals surface area contributed by atoms with Crippen LogP contribution in [0.2, 0.25) is 0 Å². The normalized spacial score (nSPS) is 10.0. The summed E-state index contributed by atoms with van der Waals surface area (Å²) in [7, 11) is 0. The maximum absolute atomic E-state index is 13.1. The molecule has 1 aromatic carbocycles. The first-order chi connectivity index (χ1) is 7.13. The second-order valence-corrected chi connectivity index (χ2v) is 3.28. The molecule has 0 saturated heterocycles. The van der Waals surface area contributed by atoms with Crippen molar-refractivity contribution in [3.05, 3.63) is 48.1 Å². The Labute approximate surface area is 87.4 Å². The van der Waals surface area contributed by atoms with Crippen LogP contribution in [0, 0.1) is 11.6 Å². The number of hydrogen-bond donors (Lipinski definition) is 0. The van der Waals surface area contributed by atoms with Crippen LogP contribution in [0.15, 0.2) is 30.9 Å². The smallest absolute Gasteiger partial charge is 0.137 e. The maximum Gasteiger partial charge on any atom is 0.137 e. The lowest BCUT2D eigenvalue weighted by molar-refractivity contribution is -0.118. The number of hydrogen-bond acceptors (Lipinski definition) is 1. The van der Waals surface area contributed by atoms with Gasteiger partial charge in [0.05, 0.1) is 0 Å². The molecular formula is C12H12F2O. The summed E-state index contributed by atoms with van der Waals surface area (Å²) in [5.74, 6) is -1.36. The molecular weight excluding hydrogens is 198 g/mol. The van der Waals surface area contributed by atoms with Crippen LogP contribution in [0.3, 0.4) is 0 Å². The summed E-state index contributed by atoms with van der Waals surface area (Å²) in [5, 5.41) is 0. The minimum absolute atomic E-state index is 0.0138. The molecule has 0 aliphatic carbocycles. The molecule has 0 aromatic heterocycles. The van der Waals surface area contributed by atoms with Crippen molar-refractivity contribution in [3.8, 4) is 0 Å². The van der Waals surface area contributed by atoms with Gasteiger partial charge in [0, 0.05) is 18.9 Å². The molecule has 80 valence electrons. The molecule has 0 bridgehead atoms. The summed E-state index contributed by atoms with van der Waals surface area (Å²) in [6, 6.07) is 3.24. The summed E-state index contributed by atoms with van der Waals surface area (Å²) in [4.78, 5) is 11.3. The van der Waals surface area contributed by atoms with E-state index in [9.17, 15) is 13.6 Å². The standard InChI is InChI=1S/C12H12F2O/c1-2-3-4-11(15)7-9-5-6-10(13)8-12(9)14/h2,5-6,8H,1,3-4,7H2. The second kappa shape index (κ2) is 5.39. The molecule has 0 fully saturated rings. The van der Waals surface area contributed by atoms with E-state index in [-0.39, 0.29) is 17.8 Å². The van der Waals surface area contributed by atoms with Gasteiger partial charge in [-0.25, -0.2) is 8.78 Å². The van der Waals surface area contributed by atoms with Gasteiger partial charge >= 0.3 is 0 Å². The number of Topliss-reactive ketones (excluding diaryl/α,β-unsaturated/α-hetero) is 1. The van der Waals surface area contributed by atoms with Crippen LogP contribution in [0.25, 0.3) is 0 Å². The molecule has 0 spiro atoms. The molecule has 1 aromatic rings. The number of allylic oxidation sites excluding steroid dienone is 1. The molecule has 0 radical (unpaired) electrons. The molecule has 0 aliphatic heterocycles. The van der Waals surface area contributed by atoms with Crippen molar-refractivity contribution in [2.45, 2.75) is 19.3 Å². The topological polar surface area (TPSA) is 17.1 Å². The van der Waals surface area contributed by atoms with Gasteiger partial charge < -0.3 is 0 Å². The first-order valence-electron chi connectivity index (χ1n) is 4.70. The van der Waals surface area contributed by atoms with Crippen molar-refractivity contribution >= 4 is 5.78 Å². The van der Waals surface area contributed by atoms with E-state index < -0.39 is 11.6 Å². The number of ketones is 1. The third-order valence-corrected chi connectivity index (χ3v) is 2.03. The zero-order valence-corrected chi connectivity index (χ0v) is 8.30. The van der Waals surface area contributed by atoms with Crippen molar-refractivity contribution < 1.29 is 13.6 Å². The fraction of sp³-hybridized carbons (Fsp3) is 0.250. The number of halogens is 2. The van der Waals surface area contributed by atoms with Crippen LogP contribution in [0.5, 0.6) is 0 Å². The van der Waals surface area contributed by atoms with Crippen LogP contribution in [0.1, 0.15) is 18.4 Å². The van der Waals surface area contributed by atoms with Crippen LogP contribution in [-0.2, 0) is 11.2 Å². The number of benzene rings is 1. The lowest BCUT2D eigenvalue weighted by Gasteiger charge is -2.01. The van der Waals surface area contributed by atoms with Gasteiger partial charge in [0.1, 0.15) is 17.4 Å². The van der Waals surface area contributed by atoms with E-state index in [1.54, 1.807) is 6.08 Å². The Morgan fingerprint density at radius 1 is 1.40 bits per heavy atom. The SMILES string of the molecule is C=CCCC(=O)Cc1ccc(F)cc1F. The highest BCUT2D eigenvalue weighted by molar-refractivity contribution is 5.80. The van der Waals surface area contributed by atoms with E-state index in [1.807, 2.05) is 0 Å². The van der Waals surface area contributed by atoms with Crippen molar-refractivity contribution in [2.75, 3.05) is 0 Å². The molecule has 0 aliphatic rings. The average molecular weight is 210 g/mol. The zero-order valence-electron chi connectivity index (χ0n) is 8.30. The van der Waals surface area contributed by atoms with Crippen molar-refractivity contribution in [1.82, 2.24) is 0 Å². The minimum atomic E-state index is -0.665. The van der Waals surface area contributed by atoms with Crippen molar-refractivity contribution in [3.63, 3.8) is 0 Å². The Hall–Kier alpha value is -1.51. The Kier molecular flexibility index (Phi) is 4.16. The van der Waals surface area contributed by atoms with Crippen LogP contribution in [0.4, 0.5) is 8.78 Å². The Morgan fingerprint density at radius 2 is 2.13 bits per heavy atom. The van der Waals surface area contributed by atoms with E-state index in [0.29, 0.717) is 12.8 Å². The lowest BCUT2D eigenvalue weighted by atomic mass is 10.1. The third kappa shape index (κ3) is 3.62. The van der Waals surface area contributed by atoms with Gasteiger partial charge in [-0.1, -0.05) is 12.1 Å². The van der Waals surface area contributed by atoms with E-state index in [2.05, 4.69) is 6.58 Å². The van der Waals surface area contributed by atoms with Gasteiger partial charge in [0.15, 0.2) is 0 Å². The molecule has 0 N–H and O–H groups in total. The number of rotatable bonds is 5. The van der Waals surface area contributed by atoms with E-state index >= 15 is 0 Å². The zero-order chi connectivity index (χ0) is 11.3. The molecule has 15 heavy (non-hydrogen) atoms. The minimum Gasteiger partial charge on any atom is -0.299 e. The Morgan fingerprint density at radius 3 is 2.73 bits per heavy atom. The van der Waals surface area contributed by atoms with E-state index in [1.165, 1.54) is 6.07 Å². The number of carbonyl (C=O) groups is 1. The maximum atomic E-state index is 13.1. The van der Waals surface area contributed by atoms with E-state index in [4.69, 9.17) is 0 Å². The molecule has 0 saturated carbocycles. The predicted octanol–water partition coefficient (Wildman–Crippen LogP) is 3.04. The quantitative estimate of drug-likeness (QED) is 0.682. The number of carbonyl (C=O) groups excluding carboxylic acids is 1. The van der Waals surface area contributed by atoms with Gasteiger partial charge in [-0.15, -0.1) is 6.58 Å². The Balaban J connectivity index is 2.64. The Bertz CT molecular complexity index is 372. The largest absolute Gasteiger partial charge is 0.299 e. The molecule has 3 heteroatoms. The average Bonchev–Trinajstić information content (AvgIpc) is 2.19. The van der Waals surface area contributed by atoms with Gasteiger partial charge in [-0.3, -0.25) is 4.79 Å². The highest BCUT2D eigenvalue weighted by Crippen LogP contribution is 2.11. The predicted molar refractivity (Wildman–Crippen MR) is 54.5 cm³/mol. The highest BCUT2D eigenvalue weighted by atomic mass is 19.1. The molecule has 1 nitrogen and oxygen atoms in total. The first-order valence-corrected chi connectivity index (χ1v) is 4.70. The third-order valence-electron chi connectivity index (χ3n) is 2.03. The molecule has 0 heterocycles.